The second-order valence-corrected chi connectivity index (χ2v) is 4.11. The van der Waals surface area contributed by atoms with Crippen molar-refractivity contribution in [1.82, 2.24) is 15.0 Å². The number of hydrazine groups is 1. The van der Waals surface area contributed by atoms with E-state index in [9.17, 15) is 0 Å². The Morgan fingerprint density at radius 1 is 1.28 bits per heavy atom. The van der Waals surface area contributed by atoms with E-state index in [2.05, 4.69) is 34.2 Å². The number of hydrogen-bond acceptors (Lipinski definition) is 7. The van der Waals surface area contributed by atoms with E-state index in [1.165, 1.54) is 0 Å². The highest BCUT2D eigenvalue weighted by Gasteiger charge is 2.15. The number of aromatic nitrogens is 3. The van der Waals surface area contributed by atoms with Gasteiger partial charge in [0.05, 0.1) is 6.61 Å². The fourth-order valence-corrected chi connectivity index (χ4v) is 1.53. The molecule has 1 heterocycles. The lowest BCUT2D eigenvalue weighted by Gasteiger charge is -2.25. The Balaban J connectivity index is 3.02. The summed E-state index contributed by atoms with van der Waals surface area (Å²) in [6, 6.07) is 0.593. The number of ether oxygens (including phenoxy) is 1. The molecule has 0 bridgehead atoms. The molecule has 1 rings (SSSR count). The zero-order chi connectivity index (χ0) is 13.5. The smallest absolute Gasteiger partial charge is 0.323 e. The predicted molar refractivity (Wildman–Crippen MR) is 71.6 cm³/mol. The molecule has 1 aromatic rings. The molecule has 0 saturated heterocycles. The van der Waals surface area contributed by atoms with Crippen LogP contribution in [0.3, 0.4) is 0 Å². The average molecular weight is 254 g/mol. The van der Waals surface area contributed by atoms with Gasteiger partial charge >= 0.3 is 6.01 Å². The van der Waals surface area contributed by atoms with Crippen molar-refractivity contribution in [2.75, 3.05) is 23.5 Å². The number of nitrogens with two attached hydrogens (primary N) is 1. The van der Waals surface area contributed by atoms with Crippen LogP contribution in [-0.4, -0.2) is 34.1 Å². The zero-order valence-corrected chi connectivity index (χ0v) is 11.5. The molecule has 0 spiro atoms. The van der Waals surface area contributed by atoms with Crippen LogP contribution >= 0.6 is 0 Å². The molecule has 18 heavy (non-hydrogen) atoms. The van der Waals surface area contributed by atoms with Crippen LogP contribution in [0.1, 0.15) is 34.1 Å². The van der Waals surface area contributed by atoms with E-state index in [0.29, 0.717) is 30.6 Å². The van der Waals surface area contributed by atoms with E-state index in [0.717, 1.165) is 13.0 Å². The minimum absolute atomic E-state index is 0.294. The maximum atomic E-state index is 5.43. The van der Waals surface area contributed by atoms with Crippen molar-refractivity contribution in [3.63, 3.8) is 0 Å². The van der Waals surface area contributed by atoms with E-state index in [1.807, 2.05) is 18.7 Å². The summed E-state index contributed by atoms with van der Waals surface area (Å²) in [5.74, 6) is 6.24. The summed E-state index contributed by atoms with van der Waals surface area (Å²) < 4.78 is 5.43. The van der Waals surface area contributed by atoms with Crippen molar-refractivity contribution in [1.29, 1.82) is 0 Å². The van der Waals surface area contributed by atoms with Crippen molar-refractivity contribution >= 4 is 11.9 Å². The SMILES string of the molecule is CCCOc1nc(NN)nc(N(CC)C(C)C)n1. The van der Waals surface area contributed by atoms with E-state index in [-0.39, 0.29) is 0 Å². The molecule has 0 aromatic carbocycles. The van der Waals surface area contributed by atoms with Crippen molar-refractivity contribution in [2.45, 2.75) is 40.2 Å². The van der Waals surface area contributed by atoms with Gasteiger partial charge in [0, 0.05) is 12.6 Å². The Morgan fingerprint density at radius 2 is 2.00 bits per heavy atom. The number of nitrogen functional groups attached to an aromatic ring is 1. The van der Waals surface area contributed by atoms with Crippen molar-refractivity contribution < 1.29 is 4.74 Å². The molecule has 0 saturated carbocycles. The van der Waals surface area contributed by atoms with Gasteiger partial charge in [-0.25, -0.2) is 5.84 Å². The van der Waals surface area contributed by atoms with E-state index < -0.39 is 0 Å². The highest BCUT2D eigenvalue weighted by atomic mass is 16.5. The fourth-order valence-electron chi connectivity index (χ4n) is 1.53. The van der Waals surface area contributed by atoms with E-state index in [4.69, 9.17) is 10.6 Å². The van der Waals surface area contributed by atoms with Gasteiger partial charge in [-0.1, -0.05) is 6.92 Å². The quantitative estimate of drug-likeness (QED) is 0.558. The van der Waals surface area contributed by atoms with E-state index in [1.54, 1.807) is 0 Å². The van der Waals surface area contributed by atoms with Crippen LogP contribution in [0.5, 0.6) is 6.01 Å². The molecule has 0 fully saturated rings. The lowest BCUT2D eigenvalue weighted by Crippen LogP contribution is -2.32. The fraction of sp³-hybridized carbons (Fsp3) is 0.727. The second-order valence-electron chi connectivity index (χ2n) is 4.11. The third-order valence-corrected chi connectivity index (χ3v) is 2.39. The summed E-state index contributed by atoms with van der Waals surface area (Å²) in [7, 11) is 0. The lowest BCUT2D eigenvalue weighted by molar-refractivity contribution is 0.291. The van der Waals surface area contributed by atoms with Gasteiger partial charge in [-0.2, -0.15) is 15.0 Å². The molecule has 0 aliphatic rings. The molecule has 0 radical (unpaired) electrons. The average Bonchev–Trinajstić information content (AvgIpc) is 2.36. The maximum absolute atomic E-state index is 5.43. The Kier molecular flexibility index (Phi) is 5.57. The Bertz CT molecular complexity index is 371. The van der Waals surface area contributed by atoms with Gasteiger partial charge in [0.2, 0.25) is 11.9 Å². The van der Waals surface area contributed by atoms with Crippen LogP contribution < -0.4 is 20.9 Å². The van der Waals surface area contributed by atoms with Gasteiger partial charge in [-0.15, -0.1) is 0 Å². The molecular weight excluding hydrogens is 232 g/mol. The van der Waals surface area contributed by atoms with Gasteiger partial charge in [0.25, 0.3) is 0 Å². The molecule has 0 atom stereocenters. The first-order valence-electron chi connectivity index (χ1n) is 6.24. The third-order valence-electron chi connectivity index (χ3n) is 2.39. The first kappa shape index (κ1) is 14.4. The Hall–Kier alpha value is -1.63. The molecule has 7 nitrogen and oxygen atoms in total. The molecule has 0 aliphatic carbocycles. The highest BCUT2D eigenvalue weighted by Crippen LogP contribution is 2.16. The molecule has 0 amide bonds. The largest absolute Gasteiger partial charge is 0.463 e. The minimum atomic E-state index is 0.294. The number of nitrogens with zero attached hydrogens (tertiary/aromatic N) is 4. The molecule has 0 unspecified atom stereocenters. The second kappa shape index (κ2) is 6.95. The third kappa shape index (κ3) is 3.69. The highest BCUT2D eigenvalue weighted by molar-refractivity contribution is 5.38. The van der Waals surface area contributed by atoms with Gasteiger partial charge in [0.15, 0.2) is 0 Å². The summed E-state index contributed by atoms with van der Waals surface area (Å²) in [6.45, 7) is 9.60. The van der Waals surface area contributed by atoms with E-state index >= 15 is 0 Å². The molecule has 3 N–H and O–H groups in total. The van der Waals surface area contributed by atoms with Crippen molar-refractivity contribution in [3.8, 4) is 6.01 Å². The van der Waals surface area contributed by atoms with Crippen LogP contribution in [-0.2, 0) is 0 Å². The Morgan fingerprint density at radius 3 is 2.50 bits per heavy atom. The summed E-state index contributed by atoms with van der Waals surface area (Å²) in [6.07, 6.45) is 0.897. The minimum Gasteiger partial charge on any atom is -0.463 e. The van der Waals surface area contributed by atoms with Crippen LogP contribution in [0.25, 0.3) is 0 Å². The predicted octanol–water partition coefficient (Wildman–Crippen LogP) is 1.18. The normalized spacial score (nSPS) is 10.6. The van der Waals surface area contributed by atoms with Crippen molar-refractivity contribution in [3.05, 3.63) is 0 Å². The number of rotatable bonds is 7. The number of hydrogen-bond donors (Lipinski definition) is 2. The molecule has 0 aliphatic heterocycles. The van der Waals surface area contributed by atoms with Crippen LogP contribution in [0.2, 0.25) is 0 Å². The van der Waals surface area contributed by atoms with Crippen molar-refractivity contribution in [2.24, 2.45) is 5.84 Å². The summed E-state index contributed by atoms with van der Waals surface area (Å²) in [5, 5.41) is 0. The van der Waals surface area contributed by atoms with Crippen LogP contribution in [0.15, 0.2) is 0 Å². The Labute approximate surface area is 108 Å². The summed E-state index contributed by atoms with van der Waals surface area (Å²) in [5.41, 5.74) is 2.43. The van der Waals surface area contributed by atoms with Crippen LogP contribution in [0, 0.1) is 0 Å². The molecule has 7 heteroatoms. The number of anilines is 2. The molecular formula is C11H22N6O. The summed E-state index contributed by atoms with van der Waals surface area (Å²) >= 11 is 0. The van der Waals surface area contributed by atoms with Gasteiger partial charge in [0.1, 0.15) is 0 Å². The standard InChI is InChI=1S/C11H22N6O/c1-5-7-18-11-14-9(16-12)13-10(15-11)17(6-2)8(3)4/h8H,5-7,12H2,1-4H3,(H,13,14,15,16). The maximum Gasteiger partial charge on any atom is 0.323 e. The van der Waals surface area contributed by atoms with Gasteiger partial charge in [-0.3, -0.25) is 5.43 Å². The number of nitrogens with one attached hydrogen (secondary N) is 1. The lowest BCUT2D eigenvalue weighted by atomic mass is 10.3. The monoisotopic (exact) mass is 254 g/mol. The van der Waals surface area contributed by atoms with Crippen LogP contribution in [0.4, 0.5) is 11.9 Å². The zero-order valence-electron chi connectivity index (χ0n) is 11.5. The molecule has 1 aromatic heterocycles. The topological polar surface area (TPSA) is 89.2 Å². The summed E-state index contributed by atoms with van der Waals surface area (Å²) in [4.78, 5) is 14.6. The van der Waals surface area contributed by atoms with Gasteiger partial charge in [-0.05, 0) is 27.2 Å². The first-order chi connectivity index (χ1) is 8.62. The first-order valence-corrected chi connectivity index (χ1v) is 6.24. The molecule has 102 valence electrons. The van der Waals surface area contributed by atoms with Gasteiger partial charge < -0.3 is 9.64 Å².